The average Bonchev–Trinajstić information content (AvgIpc) is 2.94. The van der Waals surface area contributed by atoms with Crippen LogP contribution in [0.15, 0.2) is 45.7 Å². The summed E-state index contributed by atoms with van der Waals surface area (Å²) in [4.78, 5) is 14.7. The van der Waals surface area contributed by atoms with E-state index in [-0.39, 0.29) is 5.91 Å². The molecule has 0 saturated carbocycles. The Kier molecular flexibility index (Phi) is 4.19. The largest absolute Gasteiger partial charge is 0.451 e. The third-order valence-electron chi connectivity index (χ3n) is 2.92. The quantitative estimate of drug-likeness (QED) is 0.399. The summed E-state index contributed by atoms with van der Waals surface area (Å²) in [5.74, 6) is 0.547. The molecule has 2 heterocycles. The summed E-state index contributed by atoms with van der Waals surface area (Å²) in [5, 5.41) is 0. The number of benzene rings is 1. The molecule has 3 nitrogen and oxygen atoms in total. The number of aryl methyl sites for hydroxylation is 1. The van der Waals surface area contributed by atoms with E-state index in [2.05, 4.69) is 22.6 Å². The molecule has 1 fully saturated rings. The fourth-order valence-electron chi connectivity index (χ4n) is 1.99. The van der Waals surface area contributed by atoms with Crippen molar-refractivity contribution in [1.82, 2.24) is 0 Å². The zero-order valence-corrected chi connectivity index (χ0v) is 14.8. The van der Waals surface area contributed by atoms with Gasteiger partial charge in [0.05, 0.1) is 10.6 Å². The van der Waals surface area contributed by atoms with Gasteiger partial charge >= 0.3 is 0 Å². The number of hydrogen-bond acceptors (Lipinski definition) is 4. The van der Waals surface area contributed by atoms with Crippen molar-refractivity contribution in [3.8, 4) is 0 Å². The number of hydrogen-bond donors (Lipinski definition) is 0. The fourth-order valence-corrected chi connectivity index (χ4v) is 3.71. The summed E-state index contributed by atoms with van der Waals surface area (Å²) < 4.78 is 6.80. The van der Waals surface area contributed by atoms with Gasteiger partial charge in [0.25, 0.3) is 5.91 Å². The lowest BCUT2D eigenvalue weighted by molar-refractivity contribution is -0.113. The van der Waals surface area contributed by atoms with Crippen LogP contribution in [-0.4, -0.2) is 10.2 Å². The van der Waals surface area contributed by atoms with Gasteiger partial charge in [0.2, 0.25) is 0 Å². The minimum absolute atomic E-state index is 0.109. The Bertz CT molecular complexity index is 767. The number of carbonyl (C=O) groups is 1. The van der Waals surface area contributed by atoms with E-state index in [0.29, 0.717) is 15.0 Å². The van der Waals surface area contributed by atoms with Crippen LogP contribution in [0.3, 0.4) is 0 Å². The van der Waals surface area contributed by atoms with Crippen LogP contribution >= 0.6 is 46.6 Å². The highest BCUT2D eigenvalue weighted by Crippen LogP contribution is 2.36. The zero-order valence-electron chi connectivity index (χ0n) is 11.0. The van der Waals surface area contributed by atoms with Crippen LogP contribution in [0.25, 0.3) is 6.08 Å². The number of nitrogens with zero attached hydrogens (tertiary/aromatic N) is 1. The van der Waals surface area contributed by atoms with Crippen molar-refractivity contribution in [2.24, 2.45) is 0 Å². The molecule has 0 bridgehead atoms. The Morgan fingerprint density at radius 2 is 2.14 bits per heavy atom. The molecule has 106 valence electrons. The lowest BCUT2D eigenvalue weighted by atomic mass is 10.2. The lowest BCUT2D eigenvalue weighted by Crippen LogP contribution is -2.27. The van der Waals surface area contributed by atoms with E-state index >= 15 is 0 Å². The van der Waals surface area contributed by atoms with Crippen molar-refractivity contribution in [3.05, 3.63) is 56.4 Å². The maximum Gasteiger partial charge on any atom is 0.270 e. The molecule has 1 aromatic heterocycles. The van der Waals surface area contributed by atoms with E-state index < -0.39 is 0 Å². The lowest BCUT2D eigenvalue weighted by Gasteiger charge is -2.14. The van der Waals surface area contributed by atoms with Gasteiger partial charge in [-0.05, 0) is 59.3 Å². The van der Waals surface area contributed by atoms with Crippen molar-refractivity contribution in [1.29, 1.82) is 0 Å². The van der Waals surface area contributed by atoms with Gasteiger partial charge < -0.3 is 4.42 Å². The SMILES string of the molecule is Cc1cccc(N2C(=O)/C(=C\c3ccc(I)o3)SC2=S)c1. The van der Waals surface area contributed by atoms with E-state index in [0.717, 1.165) is 15.0 Å². The molecule has 6 heteroatoms. The molecule has 0 radical (unpaired) electrons. The molecule has 1 aliphatic rings. The van der Waals surface area contributed by atoms with E-state index in [1.165, 1.54) is 11.8 Å². The van der Waals surface area contributed by atoms with Gasteiger partial charge in [-0.2, -0.15) is 0 Å². The topological polar surface area (TPSA) is 33.5 Å². The predicted molar refractivity (Wildman–Crippen MR) is 98.3 cm³/mol. The molecule has 21 heavy (non-hydrogen) atoms. The Balaban J connectivity index is 1.94. The summed E-state index contributed by atoms with van der Waals surface area (Å²) in [6.07, 6.45) is 1.73. The van der Waals surface area contributed by atoms with Gasteiger partial charge in [0.15, 0.2) is 8.09 Å². The molecule has 2 aromatic rings. The molecule has 0 unspecified atom stereocenters. The Labute approximate surface area is 145 Å². The van der Waals surface area contributed by atoms with E-state index in [9.17, 15) is 4.79 Å². The number of carbonyl (C=O) groups excluding carboxylic acids is 1. The first-order valence-electron chi connectivity index (χ1n) is 6.14. The van der Waals surface area contributed by atoms with E-state index in [1.54, 1.807) is 11.0 Å². The number of thiocarbonyl (C=S) groups is 1. The molecule has 0 aliphatic carbocycles. The smallest absolute Gasteiger partial charge is 0.270 e. The molecule has 0 N–H and O–H groups in total. The standard InChI is InChI=1S/C15H10INO2S2/c1-9-3-2-4-10(7-9)17-14(18)12(21-15(17)20)8-11-5-6-13(16)19-11/h2-8H,1H3/b12-8+. The second-order valence-corrected chi connectivity index (χ2v) is 7.24. The van der Waals surface area contributed by atoms with Crippen LogP contribution in [0.1, 0.15) is 11.3 Å². The highest BCUT2D eigenvalue weighted by atomic mass is 127. The molecule has 0 atom stereocenters. The van der Waals surface area contributed by atoms with Gasteiger partial charge in [0, 0.05) is 6.08 Å². The summed E-state index contributed by atoms with van der Waals surface area (Å²) >= 11 is 8.72. The Morgan fingerprint density at radius 1 is 1.33 bits per heavy atom. The van der Waals surface area contributed by atoms with Crippen molar-refractivity contribution in [3.63, 3.8) is 0 Å². The Hall–Kier alpha value is -1.12. The Morgan fingerprint density at radius 3 is 2.81 bits per heavy atom. The van der Waals surface area contributed by atoms with Crippen molar-refractivity contribution < 1.29 is 9.21 Å². The van der Waals surface area contributed by atoms with Crippen molar-refractivity contribution in [2.75, 3.05) is 4.90 Å². The maximum atomic E-state index is 12.5. The van der Waals surface area contributed by atoms with Gasteiger partial charge in [-0.15, -0.1) is 0 Å². The minimum Gasteiger partial charge on any atom is -0.451 e. The number of thioether (sulfide) groups is 1. The molecule has 3 rings (SSSR count). The van der Waals surface area contributed by atoms with Crippen LogP contribution in [0.5, 0.6) is 0 Å². The number of rotatable bonds is 2. The van der Waals surface area contributed by atoms with Gasteiger partial charge in [-0.1, -0.05) is 36.1 Å². The molecule has 1 aliphatic heterocycles. The first-order chi connectivity index (χ1) is 10.0. The van der Waals surface area contributed by atoms with Crippen LogP contribution < -0.4 is 4.90 Å². The average molecular weight is 427 g/mol. The summed E-state index contributed by atoms with van der Waals surface area (Å²) in [5.41, 5.74) is 1.89. The molecule has 1 aromatic carbocycles. The van der Waals surface area contributed by atoms with E-state index in [4.69, 9.17) is 16.6 Å². The third kappa shape index (κ3) is 3.07. The van der Waals surface area contributed by atoms with Gasteiger partial charge in [-0.25, -0.2) is 0 Å². The fraction of sp³-hybridized carbons (Fsp3) is 0.0667. The molecule has 1 saturated heterocycles. The molecule has 0 spiro atoms. The first kappa shape index (κ1) is 14.8. The molecule has 1 amide bonds. The molecular formula is C15H10INO2S2. The monoisotopic (exact) mass is 427 g/mol. The minimum atomic E-state index is -0.109. The van der Waals surface area contributed by atoms with Crippen LogP contribution in [0.4, 0.5) is 5.69 Å². The number of anilines is 1. The summed E-state index contributed by atoms with van der Waals surface area (Å²) in [7, 11) is 0. The maximum absolute atomic E-state index is 12.5. The third-order valence-corrected chi connectivity index (χ3v) is 4.80. The summed E-state index contributed by atoms with van der Waals surface area (Å²) in [6.45, 7) is 1.99. The second kappa shape index (κ2) is 5.94. The predicted octanol–water partition coefficient (Wildman–Crippen LogP) is 4.60. The van der Waals surface area contributed by atoms with Crippen molar-refractivity contribution in [2.45, 2.75) is 6.92 Å². The first-order valence-corrected chi connectivity index (χ1v) is 8.45. The molecular weight excluding hydrogens is 417 g/mol. The van der Waals surface area contributed by atoms with Crippen molar-refractivity contribution >= 4 is 68.6 Å². The normalized spacial score (nSPS) is 17.0. The van der Waals surface area contributed by atoms with Crippen LogP contribution in [0.2, 0.25) is 0 Å². The second-order valence-electron chi connectivity index (χ2n) is 4.50. The van der Waals surface area contributed by atoms with E-state index in [1.807, 2.05) is 43.3 Å². The highest BCUT2D eigenvalue weighted by Gasteiger charge is 2.33. The van der Waals surface area contributed by atoms with Gasteiger partial charge in [0.1, 0.15) is 5.76 Å². The highest BCUT2D eigenvalue weighted by molar-refractivity contribution is 14.1. The number of furan rings is 1. The van der Waals surface area contributed by atoms with Crippen LogP contribution in [0, 0.1) is 10.7 Å². The zero-order chi connectivity index (χ0) is 15.0. The number of amides is 1. The number of halogens is 1. The van der Waals surface area contributed by atoms with Gasteiger partial charge in [-0.3, -0.25) is 9.69 Å². The summed E-state index contributed by atoms with van der Waals surface area (Å²) in [6, 6.07) is 11.4. The van der Waals surface area contributed by atoms with Crippen LogP contribution in [-0.2, 0) is 4.79 Å².